The minimum Gasteiger partial charge on any atom is -0.392 e. The zero-order chi connectivity index (χ0) is 10.5. The molecule has 0 saturated heterocycles. The van der Waals surface area contributed by atoms with Gasteiger partial charge in [-0.3, -0.25) is 0 Å². The molecule has 0 aromatic carbocycles. The highest BCUT2D eigenvalue weighted by Gasteiger charge is 2.40. The molecule has 0 aliphatic carbocycles. The number of rotatable bonds is 6. The monoisotopic (exact) mass is 203 g/mol. The summed E-state index contributed by atoms with van der Waals surface area (Å²) >= 11 is 0. The number of nitrogens with one attached hydrogen (secondary N) is 1. The summed E-state index contributed by atoms with van der Waals surface area (Å²) in [5, 5.41) is 11.0. The molecular weight excluding hydrogens is 190 g/mol. The lowest BCUT2D eigenvalue weighted by Gasteiger charge is -2.16. The Kier molecular flexibility index (Phi) is 5.24. The summed E-state index contributed by atoms with van der Waals surface area (Å²) in [4.78, 5) is 0. The van der Waals surface area contributed by atoms with Crippen LogP contribution in [0.5, 0.6) is 0 Å². The molecule has 0 aromatic rings. The zero-order valence-electron chi connectivity index (χ0n) is 7.24. The minimum absolute atomic E-state index is 0.0984. The summed E-state index contributed by atoms with van der Waals surface area (Å²) < 4.78 is 47.5. The quantitative estimate of drug-likeness (QED) is 0.637. The zero-order valence-corrected chi connectivity index (χ0v) is 7.24. The van der Waals surface area contributed by atoms with Crippen LogP contribution in [0.1, 0.15) is 13.3 Å². The molecule has 0 spiro atoms. The lowest BCUT2D eigenvalue weighted by molar-refractivity contribution is -0.125. The molecule has 0 radical (unpaired) electrons. The molecule has 0 bridgehead atoms. The third kappa shape index (κ3) is 5.05. The molecule has 6 heteroatoms. The van der Waals surface area contributed by atoms with Gasteiger partial charge in [-0.15, -0.1) is 0 Å². The second kappa shape index (κ2) is 5.39. The van der Waals surface area contributed by atoms with Crippen LogP contribution in [0.4, 0.5) is 17.6 Å². The molecular formula is C7H13F4NO. The fourth-order valence-electron chi connectivity index (χ4n) is 0.627. The highest BCUT2D eigenvalue weighted by molar-refractivity contribution is 4.72. The van der Waals surface area contributed by atoms with E-state index in [2.05, 4.69) is 5.32 Å². The van der Waals surface area contributed by atoms with E-state index in [1.165, 1.54) is 0 Å². The SMILES string of the molecule is CCC(O)CNCC(F)(F)C(F)F. The molecule has 0 amide bonds. The molecule has 2 N–H and O–H groups in total. The van der Waals surface area contributed by atoms with Gasteiger partial charge in [-0.1, -0.05) is 6.92 Å². The van der Waals surface area contributed by atoms with E-state index >= 15 is 0 Å². The van der Waals surface area contributed by atoms with Crippen LogP contribution in [0.3, 0.4) is 0 Å². The van der Waals surface area contributed by atoms with Crippen molar-refractivity contribution in [2.75, 3.05) is 13.1 Å². The van der Waals surface area contributed by atoms with Crippen LogP contribution in [0.2, 0.25) is 0 Å². The Balaban J connectivity index is 3.63. The van der Waals surface area contributed by atoms with E-state index < -0.39 is 25.0 Å². The molecule has 0 aliphatic heterocycles. The molecule has 0 heterocycles. The van der Waals surface area contributed by atoms with Gasteiger partial charge in [-0.2, -0.15) is 8.78 Å². The van der Waals surface area contributed by atoms with Gasteiger partial charge in [0.05, 0.1) is 12.6 Å². The largest absolute Gasteiger partial charge is 0.392 e. The average Bonchev–Trinajstić information content (AvgIpc) is 2.03. The Labute approximate surface area is 73.9 Å². The van der Waals surface area contributed by atoms with E-state index in [1.807, 2.05) is 0 Å². The lowest BCUT2D eigenvalue weighted by atomic mass is 10.2. The predicted molar refractivity (Wildman–Crippen MR) is 40.1 cm³/mol. The minimum atomic E-state index is -4.02. The Morgan fingerprint density at radius 3 is 2.31 bits per heavy atom. The summed E-state index contributed by atoms with van der Waals surface area (Å²) in [5.41, 5.74) is 0. The first kappa shape index (κ1) is 12.6. The number of aliphatic hydroxyl groups excluding tert-OH is 1. The number of hydrogen-bond donors (Lipinski definition) is 2. The predicted octanol–water partition coefficient (Wildman–Crippen LogP) is 1.25. The van der Waals surface area contributed by atoms with Gasteiger partial charge in [-0.25, -0.2) is 8.78 Å². The van der Waals surface area contributed by atoms with Crippen LogP contribution in [-0.2, 0) is 0 Å². The molecule has 0 aromatic heterocycles. The Morgan fingerprint density at radius 1 is 1.38 bits per heavy atom. The van der Waals surface area contributed by atoms with Gasteiger partial charge in [-0.05, 0) is 6.42 Å². The number of alkyl halides is 4. The van der Waals surface area contributed by atoms with Crippen LogP contribution >= 0.6 is 0 Å². The summed E-state index contributed by atoms with van der Waals surface area (Å²) in [5.74, 6) is -4.02. The van der Waals surface area contributed by atoms with Gasteiger partial charge in [0, 0.05) is 6.54 Å². The van der Waals surface area contributed by atoms with E-state index in [1.54, 1.807) is 6.92 Å². The van der Waals surface area contributed by atoms with Crippen LogP contribution in [0, 0.1) is 0 Å². The van der Waals surface area contributed by atoms with Crippen molar-refractivity contribution in [2.24, 2.45) is 0 Å². The van der Waals surface area contributed by atoms with E-state index in [4.69, 9.17) is 5.11 Å². The summed E-state index contributed by atoms with van der Waals surface area (Å²) in [7, 11) is 0. The molecule has 1 unspecified atom stereocenters. The Morgan fingerprint density at radius 2 is 1.92 bits per heavy atom. The number of halogens is 4. The van der Waals surface area contributed by atoms with Crippen LogP contribution in [-0.4, -0.2) is 36.6 Å². The maximum atomic E-state index is 12.2. The fraction of sp³-hybridized carbons (Fsp3) is 1.00. The molecule has 0 rings (SSSR count). The fourth-order valence-corrected chi connectivity index (χ4v) is 0.627. The van der Waals surface area contributed by atoms with Crippen molar-refractivity contribution >= 4 is 0 Å². The van der Waals surface area contributed by atoms with Crippen LogP contribution in [0.15, 0.2) is 0 Å². The van der Waals surface area contributed by atoms with Crippen LogP contribution < -0.4 is 5.32 Å². The van der Waals surface area contributed by atoms with Crippen molar-refractivity contribution in [3.63, 3.8) is 0 Å². The topological polar surface area (TPSA) is 32.3 Å². The van der Waals surface area contributed by atoms with Crippen molar-refractivity contribution in [2.45, 2.75) is 31.8 Å². The third-order valence-corrected chi connectivity index (χ3v) is 1.53. The maximum absolute atomic E-state index is 12.2. The summed E-state index contributed by atoms with van der Waals surface area (Å²) in [6, 6.07) is 0. The van der Waals surface area contributed by atoms with Crippen molar-refractivity contribution in [1.29, 1.82) is 0 Å². The molecule has 0 fully saturated rings. The number of aliphatic hydroxyl groups is 1. The molecule has 0 saturated carbocycles. The Hall–Kier alpha value is -0.360. The van der Waals surface area contributed by atoms with Gasteiger partial charge in [0.1, 0.15) is 0 Å². The second-order valence-corrected chi connectivity index (χ2v) is 2.75. The van der Waals surface area contributed by atoms with E-state index in [9.17, 15) is 17.6 Å². The molecule has 13 heavy (non-hydrogen) atoms. The molecule has 1 atom stereocenters. The normalized spacial score (nSPS) is 15.0. The highest BCUT2D eigenvalue weighted by atomic mass is 19.3. The molecule has 0 aliphatic rings. The van der Waals surface area contributed by atoms with Crippen molar-refractivity contribution in [1.82, 2.24) is 5.32 Å². The highest BCUT2D eigenvalue weighted by Crippen LogP contribution is 2.21. The first-order valence-corrected chi connectivity index (χ1v) is 3.95. The Bertz CT molecular complexity index is 142. The van der Waals surface area contributed by atoms with Crippen molar-refractivity contribution in [3.8, 4) is 0 Å². The first-order chi connectivity index (χ1) is 5.90. The standard InChI is InChI=1S/C7H13F4NO/c1-2-5(13)3-12-4-7(10,11)6(8)9/h5-6,12-13H,2-4H2,1H3. The summed E-state index contributed by atoms with van der Waals surface area (Å²) in [6.07, 6.45) is -4.04. The van der Waals surface area contributed by atoms with Gasteiger partial charge < -0.3 is 10.4 Å². The molecule has 80 valence electrons. The van der Waals surface area contributed by atoms with Gasteiger partial charge in [0.25, 0.3) is 0 Å². The van der Waals surface area contributed by atoms with Crippen LogP contribution in [0.25, 0.3) is 0 Å². The molecule has 2 nitrogen and oxygen atoms in total. The average molecular weight is 203 g/mol. The van der Waals surface area contributed by atoms with E-state index in [0.29, 0.717) is 6.42 Å². The number of hydrogen-bond acceptors (Lipinski definition) is 2. The van der Waals surface area contributed by atoms with Gasteiger partial charge >= 0.3 is 12.3 Å². The third-order valence-electron chi connectivity index (χ3n) is 1.53. The van der Waals surface area contributed by atoms with Crippen molar-refractivity contribution < 1.29 is 22.7 Å². The smallest absolute Gasteiger partial charge is 0.319 e. The van der Waals surface area contributed by atoms with E-state index in [0.717, 1.165) is 0 Å². The van der Waals surface area contributed by atoms with Gasteiger partial charge in [0.2, 0.25) is 0 Å². The van der Waals surface area contributed by atoms with Gasteiger partial charge in [0.15, 0.2) is 0 Å². The maximum Gasteiger partial charge on any atom is 0.319 e. The van der Waals surface area contributed by atoms with Crippen molar-refractivity contribution in [3.05, 3.63) is 0 Å². The second-order valence-electron chi connectivity index (χ2n) is 2.75. The first-order valence-electron chi connectivity index (χ1n) is 3.95. The summed E-state index contributed by atoms with van der Waals surface area (Å²) in [6.45, 7) is 0.456. The lowest BCUT2D eigenvalue weighted by Crippen LogP contribution is -2.41. The van der Waals surface area contributed by atoms with E-state index in [-0.39, 0.29) is 6.54 Å².